The maximum absolute atomic E-state index is 11.6. The summed E-state index contributed by atoms with van der Waals surface area (Å²) in [4.78, 5) is 21.6. The fourth-order valence-corrected chi connectivity index (χ4v) is 2.79. The van der Waals surface area contributed by atoms with E-state index < -0.39 is 27.5 Å². The lowest BCUT2D eigenvalue weighted by Crippen LogP contribution is -2.29. The van der Waals surface area contributed by atoms with Crippen molar-refractivity contribution in [3.05, 3.63) is 23.8 Å². The van der Waals surface area contributed by atoms with Crippen LogP contribution in [0.25, 0.3) is 0 Å². The first-order valence-corrected chi connectivity index (χ1v) is 5.95. The maximum atomic E-state index is 11.6. The first-order valence-electron chi connectivity index (χ1n) is 4.30. The molecule has 0 radical (unpaired) electrons. The lowest BCUT2D eigenvalue weighted by Gasteiger charge is -2.17. The fraction of sp³-hybridized carbons (Fsp3) is 0.111. The summed E-state index contributed by atoms with van der Waals surface area (Å²) in [6.07, 6.45) is 0. The molecule has 16 heavy (non-hydrogen) atoms. The molecule has 2 rings (SSSR count). The number of fused-ring (bicyclic) bond motifs is 1. The van der Waals surface area contributed by atoms with E-state index in [1.54, 1.807) is 0 Å². The van der Waals surface area contributed by atoms with Crippen molar-refractivity contribution in [1.29, 1.82) is 0 Å². The lowest BCUT2D eigenvalue weighted by atomic mass is 10.2. The number of nitrogens with one attached hydrogen (secondary N) is 1. The summed E-state index contributed by atoms with van der Waals surface area (Å²) >= 11 is 0. The lowest BCUT2D eigenvalue weighted by molar-refractivity contribution is -0.114. The van der Waals surface area contributed by atoms with Crippen molar-refractivity contribution in [2.45, 2.75) is 4.90 Å². The number of hydrogen-bond acceptors (Lipinski definition) is 4. The minimum Gasteiger partial charge on any atom is -0.478 e. The van der Waals surface area contributed by atoms with E-state index in [9.17, 15) is 18.0 Å². The van der Waals surface area contributed by atoms with Gasteiger partial charge in [-0.3, -0.25) is 4.79 Å². The van der Waals surface area contributed by atoms with Crippen LogP contribution in [-0.4, -0.2) is 31.2 Å². The van der Waals surface area contributed by atoms with Gasteiger partial charge < -0.3 is 10.4 Å². The normalized spacial score (nSPS) is 17.4. The Bertz CT molecular complexity index is 590. The van der Waals surface area contributed by atoms with Crippen molar-refractivity contribution in [2.24, 2.45) is 0 Å². The summed E-state index contributed by atoms with van der Waals surface area (Å²) in [7, 11) is -3.72. The van der Waals surface area contributed by atoms with Gasteiger partial charge in [-0.05, 0) is 18.2 Å². The van der Waals surface area contributed by atoms with Gasteiger partial charge in [0.15, 0.2) is 9.84 Å². The molecule has 0 aromatic heterocycles. The Labute approximate surface area is 90.8 Å². The molecule has 1 aromatic rings. The Balaban J connectivity index is 2.66. The van der Waals surface area contributed by atoms with Crippen LogP contribution in [0.1, 0.15) is 10.4 Å². The van der Waals surface area contributed by atoms with Crippen LogP contribution in [0.4, 0.5) is 5.69 Å². The molecule has 0 fully saturated rings. The number of carbonyl (C=O) groups excluding carboxylic acids is 1. The van der Waals surface area contributed by atoms with E-state index in [2.05, 4.69) is 5.32 Å². The van der Waals surface area contributed by atoms with E-state index in [0.29, 0.717) is 0 Å². The van der Waals surface area contributed by atoms with Gasteiger partial charge in [0.05, 0.1) is 16.1 Å². The zero-order valence-electron chi connectivity index (χ0n) is 7.93. The zero-order chi connectivity index (χ0) is 11.9. The molecule has 0 saturated heterocycles. The van der Waals surface area contributed by atoms with Gasteiger partial charge in [-0.25, -0.2) is 13.2 Å². The molecular formula is C9H7NO5S. The van der Waals surface area contributed by atoms with E-state index in [1.165, 1.54) is 12.1 Å². The third-order valence-corrected chi connectivity index (χ3v) is 3.81. The first kappa shape index (κ1) is 10.6. The van der Waals surface area contributed by atoms with Gasteiger partial charge in [-0.2, -0.15) is 0 Å². The number of rotatable bonds is 1. The highest BCUT2D eigenvalue weighted by molar-refractivity contribution is 7.92. The number of carboxylic acid groups (broad SMARTS) is 1. The number of aromatic carboxylic acids is 1. The van der Waals surface area contributed by atoms with Crippen LogP contribution < -0.4 is 5.32 Å². The van der Waals surface area contributed by atoms with Gasteiger partial charge >= 0.3 is 5.97 Å². The van der Waals surface area contributed by atoms with Crippen LogP contribution in [0.15, 0.2) is 23.1 Å². The van der Waals surface area contributed by atoms with Crippen LogP contribution in [-0.2, 0) is 14.6 Å². The maximum Gasteiger partial charge on any atom is 0.335 e. The second-order valence-electron chi connectivity index (χ2n) is 3.32. The molecule has 6 nitrogen and oxygen atoms in total. The molecule has 0 atom stereocenters. The molecular weight excluding hydrogens is 234 g/mol. The molecule has 1 aliphatic heterocycles. The SMILES string of the molecule is O=C1CS(=O)(=O)c2cc(C(=O)O)ccc2N1. The van der Waals surface area contributed by atoms with Crippen molar-refractivity contribution in [1.82, 2.24) is 0 Å². The number of amides is 1. The van der Waals surface area contributed by atoms with Crippen molar-refractivity contribution in [3.63, 3.8) is 0 Å². The van der Waals surface area contributed by atoms with Gasteiger partial charge in [0.2, 0.25) is 5.91 Å². The molecule has 2 N–H and O–H groups in total. The average molecular weight is 241 g/mol. The van der Waals surface area contributed by atoms with E-state index in [-0.39, 0.29) is 16.1 Å². The molecule has 1 heterocycles. The van der Waals surface area contributed by atoms with Gasteiger partial charge in [0, 0.05) is 0 Å². The molecule has 1 amide bonds. The number of anilines is 1. The van der Waals surface area contributed by atoms with Gasteiger partial charge in [-0.1, -0.05) is 0 Å². The Morgan fingerprint density at radius 3 is 2.69 bits per heavy atom. The highest BCUT2D eigenvalue weighted by atomic mass is 32.2. The number of benzene rings is 1. The van der Waals surface area contributed by atoms with Gasteiger partial charge in [0.25, 0.3) is 0 Å². The summed E-state index contributed by atoms with van der Waals surface area (Å²) in [5.74, 6) is -2.48. The van der Waals surface area contributed by atoms with Crippen molar-refractivity contribution < 1.29 is 23.1 Å². The van der Waals surface area contributed by atoms with E-state index in [0.717, 1.165) is 6.07 Å². The summed E-state index contributed by atoms with van der Waals surface area (Å²) in [6, 6.07) is 3.56. The second-order valence-corrected chi connectivity index (χ2v) is 5.28. The number of carboxylic acids is 1. The largest absolute Gasteiger partial charge is 0.478 e. The summed E-state index contributed by atoms with van der Waals surface area (Å²) in [6.45, 7) is 0. The van der Waals surface area contributed by atoms with Crippen LogP contribution in [0.3, 0.4) is 0 Å². The predicted molar refractivity (Wildman–Crippen MR) is 54.1 cm³/mol. The van der Waals surface area contributed by atoms with Crippen molar-refractivity contribution in [2.75, 3.05) is 11.1 Å². The Morgan fingerprint density at radius 1 is 1.38 bits per heavy atom. The van der Waals surface area contributed by atoms with Crippen LogP contribution >= 0.6 is 0 Å². The predicted octanol–water partition coefficient (Wildman–Crippen LogP) is 0.111. The molecule has 7 heteroatoms. The molecule has 0 aliphatic carbocycles. The number of hydrogen-bond donors (Lipinski definition) is 2. The monoisotopic (exact) mass is 241 g/mol. The van der Waals surface area contributed by atoms with Crippen LogP contribution in [0, 0.1) is 0 Å². The number of sulfone groups is 1. The van der Waals surface area contributed by atoms with Crippen LogP contribution in [0.5, 0.6) is 0 Å². The van der Waals surface area contributed by atoms with E-state index in [1.807, 2.05) is 0 Å². The minimum absolute atomic E-state index is 0.126. The summed E-state index contributed by atoms with van der Waals surface area (Å²) in [5.41, 5.74) is -0.000256. The number of carbonyl (C=O) groups is 2. The molecule has 0 saturated carbocycles. The first-order chi connectivity index (χ1) is 7.40. The Kier molecular flexibility index (Phi) is 2.20. The van der Waals surface area contributed by atoms with Crippen LogP contribution in [0.2, 0.25) is 0 Å². The Hall–Kier alpha value is -1.89. The third-order valence-electron chi connectivity index (χ3n) is 2.16. The van der Waals surface area contributed by atoms with E-state index in [4.69, 9.17) is 5.11 Å². The van der Waals surface area contributed by atoms with Crippen molar-refractivity contribution >= 4 is 27.4 Å². The quantitative estimate of drug-likeness (QED) is 0.726. The standard InChI is InChI=1S/C9H7NO5S/c11-8-4-16(14,15)7-3-5(9(12)13)1-2-6(7)10-8/h1-3H,4H2,(H,10,11)(H,12,13). The summed E-state index contributed by atoms with van der Waals surface area (Å²) < 4.78 is 23.2. The smallest absolute Gasteiger partial charge is 0.335 e. The van der Waals surface area contributed by atoms with Gasteiger partial charge in [-0.15, -0.1) is 0 Å². The highest BCUT2D eigenvalue weighted by Gasteiger charge is 2.29. The Morgan fingerprint density at radius 2 is 2.06 bits per heavy atom. The summed E-state index contributed by atoms with van der Waals surface area (Å²) in [5, 5.41) is 11.1. The van der Waals surface area contributed by atoms with Crippen molar-refractivity contribution in [3.8, 4) is 0 Å². The molecule has 0 unspecified atom stereocenters. The second kappa shape index (κ2) is 3.31. The molecule has 84 valence electrons. The van der Waals surface area contributed by atoms with Gasteiger partial charge in [0.1, 0.15) is 5.75 Å². The zero-order valence-corrected chi connectivity index (χ0v) is 8.74. The topological polar surface area (TPSA) is 101 Å². The average Bonchev–Trinajstić information content (AvgIpc) is 2.15. The fourth-order valence-electron chi connectivity index (χ4n) is 1.45. The minimum atomic E-state index is -3.72. The molecule has 0 spiro atoms. The highest BCUT2D eigenvalue weighted by Crippen LogP contribution is 2.27. The molecule has 0 bridgehead atoms. The van der Waals surface area contributed by atoms with E-state index >= 15 is 0 Å². The molecule has 1 aliphatic rings. The molecule has 1 aromatic carbocycles. The third kappa shape index (κ3) is 1.65.